The molecule has 0 spiro atoms. The van der Waals surface area contributed by atoms with Gasteiger partial charge < -0.3 is 5.11 Å². The molecule has 1 fully saturated rings. The number of halogens is 3. The van der Waals surface area contributed by atoms with Gasteiger partial charge in [0.15, 0.2) is 0 Å². The van der Waals surface area contributed by atoms with Crippen molar-refractivity contribution < 1.29 is 23.1 Å². The van der Waals surface area contributed by atoms with E-state index in [1.807, 2.05) is 0 Å². The maximum atomic E-state index is 11.8. The van der Waals surface area contributed by atoms with Crippen molar-refractivity contribution in [2.24, 2.45) is 5.92 Å². The Morgan fingerprint density at radius 1 is 1.58 bits per heavy atom. The van der Waals surface area contributed by atoms with Crippen molar-refractivity contribution in [3.63, 3.8) is 0 Å². The molecule has 0 radical (unpaired) electrons. The fraction of sp³-hybridized carbons (Fsp3) is 1.00. The zero-order chi connectivity index (χ0) is 9.35. The molecule has 0 aromatic heterocycles. The quantitative estimate of drug-likeness (QED) is 0.654. The van der Waals surface area contributed by atoms with Gasteiger partial charge in [-0.05, 0) is 0 Å². The van der Waals surface area contributed by atoms with E-state index in [1.54, 1.807) is 6.92 Å². The van der Waals surface area contributed by atoms with Gasteiger partial charge in [-0.3, -0.25) is 4.84 Å². The van der Waals surface area contributed by atoms with E-state index < -0.39 is 18.9 Å². The predicted octanol–water partition coefficient (Wildman–Crippen LogP) is 0.750. The molecule has 0 aliphatic carbocycles. The summed E-state index contributed by atoms with van der Waals surface area (Å²) in [6.07, 6.45) is -5.47. The molecule has 1 aliphatic heterocycles. The number of hydrogen-bond acceptors (Lipinski definition) is 3. The van der Waals surface area contributed by atoms with Crippen molar-refractivity contribution in [1.82, 2.24) is 5.06 Å². The molecule has 6 heteroatoms. The summed E-state index contributed by atoms with van der Waals surface area (Å²) in [6.45, 7) is 0.538. The maximum Gasteiger partial charge on any atom is 0.403 e. The molecule has 0 aromatic rings. The van der Waals surface area contributed by atoms with Crippen LogP contribution in [0.1, 0.15) is 6.92 Å². The van der Waals surface area contributed by atoms with Crippen LogP contribution in [0.25, 0.3) is 0 Å². The molecule has 1 unspecified atom stereocenters. The molecule has 1 saturated heterocycles. The molecule has 3 nitrogen and oxygen atoms in total. The van der Waals surface area contributed by atoms with E-state index in [0.717, 1.165) is 0 Å². The summed E-state index contributed by atoms with van der Waals surface area (Å²) in [5.74, 6) is -0.271. The lowest BCUT2D eigenvalue weighted by Gasteiger charge is -2.20. The highest BCUT2D eigenvalue weighted by Crippen LogP contribution is 2.24. The Morgan fingerprint density at radius 3 is 2.50 bits per heavy atom. The van der Waals surface area contributed by atoms with Gasteiger partial charge in [-0.1, -0.05) is 6.92 Å². The first kappa shape index (κ1) is 9.76. The second-order valence-electron chi connectivity index (χ2n) is 2.88. The van der Waals surface area contributed by atoms with Gasteiger partial charge in [-0.15, -0.1) is 0 Å². The smallest absolute Gasteiger partial charge is 0.376 e. The SMILES string of the molecule is C[C@@H]1CON(CC(F)(F)F)C1O. The minimum atomic E-state index is -4.33. The Balaban J connectivity index is 2.44. The van der Waals surface area contributed by atoms with Gasteiger partial charge in [0.25, 0.3) is 0 Å². The Morgan fingerprint density at radius 2 is 2.17 bits per heavy atom. The average molecular weight is 185 g/mol. The first-order chi connectivity index (χ1) is 5.40. The second-order valence-corrected chi connectivity index (χ2v) is 2.88. The van der Waals surface area contributed by atoms with E-state index in [1.165, 1.54) is 0 Å². The van der Waals surface area contributed by atoms with Crippen molar-refractivity contribution in [1.29, 1.82) is 0 Å². The summed E-state index contributed by atoms with van der Waals surface area (Å²) in [5.41, 5.74) is 0. The number of alkyl halides is 3. The fourth-order valence-electron chi connectivity index (χ4n) is 0.975. The minimum absolute atomic E-state index is 0.136. The molecule has 0 saturated carbocycles. The van der Waals surface area contributed by atoms with E-state index in [9.17, 15) is 13.2 Å². The highest BCUT2D eigenvalue weighted by Gasteiger charge is 2.39. The summed E-state index contributed by atoms with van der Waals surface area (Å²) in [5, 5.41) is 9.68. The molecular weight excluding hydrogens is 175 g/mol. The topological polar surface area (TPSA) is 32.7 Å². The largest absolute Gasteiger partial charge is 0.403 e. The highest BCUT2D eigenvalue weighted by molar-refractivity contribution is 4.69. The van der Waals surface area contributed by atoms with Crippen LogP contribution >= 0.6 is 0 Å². The first-order valence-electron chi connectivity index (χ1n) is 3.54. The van der Waals surface area contributed by atoms with Gasteiger partial charge in [-0.2, -0.15) is 18.2 Å². The molecular formula is C6H10F3NO2. The van der Waals surface area contributed by atoms with Crippen LogP contribution in [0.15, 0.2) is 0 Å². The Hall–Kier alpha value is -0.330. The van der Waals surface area contributed by atoms with Crippen molar-refractivity contribution in [3.05, 3.63) is 0 Å². The average Bonchev–Trinajstić information content (AvgIpc) is 2.16. The molecule has 1 rings (SSSR count). The van der Waals surface area contributed by atoms with Gasteiger partial charge in [0.2, 0.25) is 0 Å². The monoisotopic (exact) mass is 185 g/mol. The van der Waals surface area contributed by atoms with Crippen LogP contribution < -0.4 is 0 Å². The summed E-state index contributed by atoms with van der Waals surface area (Å²) >= 11 is 0. The van der Waals surface area contributed by atoms with Crippen molar-refractivity contribution in [3.8, 4) is 0 Å². The molecule has 0 aromatic carbocycles. The second kappa shape index (κ2) is 3.20. The third-order valence-corrected chi connectivity index (χ3v) is 1.64. The number of aliphatic hydroxyl groups excluding tert-OH is 1. The maximum absolute atomic E-state index is 11.8. The lowest BCUT2D eigenvalue weighted by molar-refractivity contribution is -0.249. The van der Waals surface area contributed by atoms with E-state index in [0.29, 0.717) is 5.06 Å². The molecule has 2 atom stereocenters. The molecule has 1 N–H and O–H groups in total. The zero-order valence-electron chi connectivity index (χ0n) is 6.51. The van der Waals surface area contributed by atoms with Crippen LogP contribution in [-0.2, 0) is 4.84 Å². The van der Waals surface area contributed by atoms with Crippen molar-refractivity contribution >= 4 is 0 Å². The van der Waals surface area contributed by atoms with E-state index >= 15 is 0 Å². The number of hydroxylamine groups is 2. The van der Waals surface area contributed by atoms with Crippen LogP contribution in [0.3, 0.4) is 0 Å². The van der Waals surface area contributed by atoms with Gasteiger partial charge in [-0.25, -0.2) is 0 Å². The van der Waals surface area contributed by atoms with E-state index in [4.69, 9.17) is 5.11 Å². The Labute approximate surface area is 67.7 Å². The Kier molecular flexibility index (Phi) is 2.60. The molecule has 72 valence electrons. The van der Waals surface area contributed by atoms with Crippen LogP contribution in [0.4, 0.5) is 13.2 Å². The van der Waals surface area contributed by atoms with Crippen LogP contribution in [0.2, 0.25) is 0 Å². The van der Waals surface area contributed by atoms with E-state index in [-0.39, 0.29) is 12.5 Å². The van der Waals surface area contributed by atoms with E-state index in [2.05, 4.69) is 4.84 Å². The fourth-order valence-corrected chi connectivity index (χ4v) is 0.975. The first-order valence-corrected chi connectivity index (χ1v) is 3.54. The van der Waals surface area contributed by atoms with Gasteiger partial charge in [0, 0.05) is 5.92 Å². The zero-order valence-corrected chi connectivity index (χ0v) is 6.51. The summed E-state index contributed by atoms with van der Waals surface area (Å²) in [4.78, 5) is 4.62. The van der Waals surface area contributed by atoms with Gasteiger partial charge in [0.05, 0.1) is 6.61 Å². The van der Waals surface area contributed by atoms with Crippen molar-refractivity contribution in [2.45, 2.75) is 19.3 Å². The lowest BCUT2D eigenvalue weighted by Crippen LogP contribution is -2.38. The number of hydrogen-bond donors (Lipinski definition) is 1. The molecule has 1 aliphatic rings. The molecule has 12 heavy (non-hydrogen) atoms. The lowest BCUT2D eigenvalue weighted by atomic mass is 10.2. The van der Waals surface area contributed by atoms with Crippen LogP contribution in [-0.4, -0.2) is 35.7 Å². The van der Waals surface area contributed by atoms with Crippen LogP contribution in [0.5, 0.6) is 0 Å². The standard InChI is InChI=1S/C6H10F3NO2/c1-4-2-12-10(5(4)11)3-6(7,8)9/h4-5,11H,2-3H2,1H3/t4-,5?/m1/s1. The minimum Gasteiger partial charge on any atom is -0.376 e. The number of nitrogens with zero attached hydrogens (tertiary/aromatic N) is 1. The van der Waals surface area contributed by atoms with Gasteiger partial charge >= 0.3 is 6.18 Å². The van der Waals surface area contributed by atoms with Crippen LogP contribution in [0, 0.1) is 5.92 Å². The van der Waals surface area contributed by atoms with Gasteiger partial charge in [0.1, 0.15) is 12.8 Å². The molecule has 0 bridgehead atoms. The molecule has 1 heterocycles. The summed E-state index contributed by atoms with van der Waals surface area (Å²) in [6, 6.07) is 0. The summed E-state index contributed by atoms with van der Waals surface area (Å²) in [7, 11) is 0. The number of rotatable bonds is 1. The Bertz CT molecular complexity index is 161. The predicted molar refractivity (Wildman–Crippen MR) is 33.9 cm³/mol. The molecule has 0 amide bonds. The third-order valence-electron chi connectivity index (χ3n) is 1.64. The normalized spacial score (nSPS) is 32.8. The van der Waals surface area contributed by atoms with Crippen molar-refractivity contribution in [2.75, 3.05) is 13.2 Å². The highest BCUT2D eigenvalue weighted by atomic mass is 19.4. The number of aliphatic hydroxyl groups is 1. The third kappa shape index (κ3) is 2.33. The summed E-state index contributed by atoms with van der Waals surface area (Å²) < 4.78 is 35.3.